The van der Waals surface area contributed by atoms with Gasteiger partial charge in [-0.3, -0.25) is 10.2 Å². The predicted octanol–water partition coefficient (Wildman–Crippen LogP) is 5.58. The molecule has 7 heteroatoms. The van der Waals surface area contributed by atoms with Gasteiger partial charge in [-0.1, -0.05) is 42.5 Å². The van der Waals surface area contributed by atoms with E-state index in [1.54, 1.807) is 18.2 Å². The van der Waals surface area contributed by atoms with Gasteiger partial charge in [0.15, 0.2) is 0 Å². The standard InChI is InChI=1S/C29H20F3N3O/c30-22-4-2-1-3-17(22)15-5-7-18-20(11-15)26-21-12-16(6-8-19(21)25(18)26)29(36)35-13-14-9-23(31)27(28(33)34)24(32)10-14/h1-12,25-26H,13H2,(H3,33,34)(H,35,36)/t25-,26?/m0/s1. The van der Waals surface area contributed by atoms with E-state index in [0.29, 0.717) is 11.1 Å². The lowest BCUT2D eigenvalue weighted by atomic mass is 9.52. The summed E-state index contributed by atoms with van der Waals surface area (Å²) in [6.07, 6.45) is 0. The summed E-state index contributed by atoms with van der Waals surface area (Å²) in [5, 5.41) is 9.96. The van der Waals surface area contributed by atoms with Crippen LogP contribution in [0, 0.1) is 22.9 Å². The lowest BCUT2D eigenvalue weighted by molar-refractivity contribution is 0.0950. The van der Waals surface area contributed by atoms with Crippen LogP contribution in [0.25, 0.3) is 11.1 Å². The molecule has 1 amide bonds. The van der Waals surface area contributed by atoms with Gasteiger partial charge in [0.25, 0.3) is 5.91 Å². The minimum absolute atomic E-state index is 0.0805. The third kappa shape index (κ3) is 3.31. The van der Waals surface area contributed by atoms with Gasteiger partial charge in [-0.05, 0) is 63.7 Å². The van der Waals surface area contributed by atoms with Gasteiger partial charge in [-0.25, -0.2) is 13.2 Å². The molecule has 1 unspecified atom stereocenters. The van der Waals surface area contributed by atoms with Crippen molar-refractivity contribution in [3.63, 3.8) is 0 Å². The van der Waals surface area contributed by atoms with E-state index < -0.39 is 23.0 Å². The molecule has 2 aliphatic carbocycles. The average Bonchev–Trinajstić information content (AvgIpc) is 2.82. The molecule has 0 fully saturated rings. The molecule has 0 bridgehead atoms. The fourth-order valence-electron chi connectivity index (χ4n) is 5.39. The van der Waals surface area contributed by atoms with Crippen molar-refractivity contribution in [2.75, 3.05) is 0 Å². The molecule has 6 rings (SSSR count). The summed E-state index contributed by atoms with van der Waals surface area (Å²) >= 11 is 0. The number of nitrogens with one attached hydrogen (secondary N) is 2. The molecule has 0 aliphatic heterocycles. The van der Waals surface area contributed by atoms with Gasteiger partial charge >= 0.3 is 0 Å². The molecule has 4 aromatic carbocycles. The number of halogens is 3. The highest BCUT2D eigenvalue weighted by Crippen LogP contribution is 2.63. The van der Waals surface area contributed by atoms with Crippen LogP contribution < -0.4 is 11.1 Å². The van der Waals surface area contributed by atoms with Gasteiger partial charge in [-0.15, -0.1) is 0 Å². The molecule has 0 aromatic heterocycles. The number of amidine groups is 1. The van der Waals surface area contributed by atoms with E-state index in [2.05, 4.69) is 11.4 Å². The van der Waals surface area contributed by atoms with Crippen LogP contribution in [0.3, 0.4) is 0 Å². The Morgan fingerprint density at radius 3 is 2.14 bits per heavy atom. The van der Waals surface area contributed by atoms with E-state index in [9.17, 15) is 18.0 Å². The number of benzene rings is 4. The Morgan fingerprint density at radius 2 is 1.44 bits per heavy atom. The van der Waals surface area contributed by atoms with Crippen molar-refractivity contribution in [1.82, 2.24) is 5.32 Å². The highest BCUT2D eigenvalue weighted by molar-refractivity contribution is 5.96. The lowest BCUT2D eigenvalue weighted by Gasteiger charge is -2.50. The van der Waals surface area contributed by atoms with Crippen molar-refractivity contribution in [3.8, 4) is 11.1 Å². The van der Waals surface area contributed by atoms with Crippen LogP contribution in [0.2, 0.25) is 0 Å². The lowest BCUT2D eigenvalue weighted by Crippen LogP contribution is -2.36. The maximum absolute atomic E-state index is 14.3. The molecular formula is C29H20F3N3O. The van der Waals surface area contributed by atoms with Crippen LogP contribution in [0.5, 0.6) is 0 Å². The Balaban J connectivity index is 1.20. The van der Waals surface area contributed by atoms with Gasteiger partial charge in [0.2, 0.25) is 0 Å². The Labute approximate surface area is 205 Å². The molecule has 0 spiro atoms. The fraction of sp³-hybridized carbons (Fsp3) is 0.103. The van der Waals surface area contributed by atoms with Crippen molar-refractivity contribution in [2.24, 2.45) is 5.73 Å². The number of nitrogens with two attached hydrogens (primary N) is 1. The van der Waals surface area contributed by atoms with Gasteiger partial charge in [0.05, 0.1) is 5.56 Å². The van der Waals surface area contributed by atoms with E-state index in [1.807, 2.05) is 30.3 Å². The largest absolute Gasteiger partial charge is 0.384 e. The van der Waals surface area contributed by atoms with Crippen LogP contribution in [0.1, 0.15) is 55.6 Å². The number of carbonyl (C=O) groups excluding carboxylic acids is 1. The maximum atomic E-state index is 14.3. The van der Waals surface area contributed by atoms with Gasteiger partial charge in [0.1, 0.15) is 23.3 Å². The summed E-state index contributed by atoms with van der Waals surface area (Å²) in [5.41, 5.74) is 11.3. The molecule has 4 N–H and O–H groups in total. The molecule has 4 aromatic rings. The highest BCUT2D eigenvalue weighted by Gasteiger charge is 2.49. The number of hydrogen-bond acceptors (Lipinski definition) is 2. The minimum atomic E-state index is -0.947. The SMILES string of the molecule is N=C(N)c1c(F)cc(CNC(=O)c2ccc3c(c2)C2c4cc(-c5ccccc5F)ccc4[C@@H]32)cc1F. The zero-order chi connectivity index (χ0) is 25.1. The zero-order valence-corrected chi connectivity index (χ0v) is 18.9. The Bertz CT molecular complexity index is 1570. The normalized spacial score (nSPS) is 16.6. The molecular weight excluding hydrogens is 463 g/mol. The van der Waals surface area contributed by atoms with Crippen LogP contribution in [-0.4, -0.2) is 11.7 Å². The summed E-state index contributed by atoms with van der Waals surface area (Å²) in [6.45, 7) is -0.0805. The second-order valence-electron chi connectivity index (χ2n) is 9.15. The molecule has 0 heterocycles. The van der Waals surface area contributed by atoms with Crippen molar-refractivity contribution in [2.45, 2.75) is 18.4 Å². The van der Waals surface area contributed by atoms with Crippen LogP contribution in [0.15, 0.2) is 72.8 Å². The molecule has 0 saturated carbocycles. The first-order chi connectivity index (χ1) is 17.3. The summed E-state index contributed by atoms with van der Waals surface area (Å²) in [4.78, 5) is 12.8. The first kappa shape index (κ1) is 22.1. The van der Waals surface area contributed by atoms with Crippen LogP contribution >= 0.6 is 0 Å². The summed E-state index contributed by atoms with van der Waals surface area (Å²) < 4.78 is 42.5. The first-order valence-electron chi connectivity index (χ1n) is 11.5. The number of fused-ring (bicyclic) bond motifs is 7. The Kier molecular flexibility index (Phi) is 4.96. The smallest absolute Gasteiger partial charge is 0.251 e. The van der Waals surface area contributed by atoms with E-state index in [4.69, 9.17) is 11.1 Å². The molecule has 36 heavy (non-hydrogen) atoms. The van der Waals surface area contributed by atoms with E-state index >= 15 is 0 Å². The summed E-state index contributed by atoms with van der Waals surface area (Å²) in [7, 11) is 0. The Morgan fingerprint density at radius 1 is 0.806 bits per heavy atom. The third-order valence-corrected chi connectivity index (χ3v) is 7.12. The third-order valence-electron chi connectivity index (χ3n) is 7.12. The summed E-state index contributed by atoms with van der Waals surface area (Å²) in [6, 6.07) is 20.4. The molecule has 4 nitrogen and oxygen atoms in total. The van der Waals surface area contributed by atoms with Crippen molar-refractivity contribution >= 4 is 11.7 Å². The average molecular weight is 483 g/mol. The van der Waals surface area contributed by atoms with Crippen molar-refractivity contribution in [3.05, 3.63) is 129 Å². The molecule has 2 aliphatic rings. The van der Waals surface area contributed by atoms with Crippen molar-refractivity contribution < 1.29 is 18.0 Å². The first-order valence-corrected chi connectivity index (χ1v) is 11.5. The second kappa shape index (κ2) is 8.09. The quantitative estimate of drug-likeness (QED) is 0.256. The number of nitrogen functional groups attached to an aromatic ring is 1. The van der Waals surface area contributed by atoms with Gasteiger partial charge < -0.3 is 11.1 Å². The van der Waals surface area contributed by atoms with E-state index in [1.165, 1.54) is 17.2 Å². The Hall–Kier alpha value is -4.39. The van der Waals surface area contributed by atoms with E-state index in [-0.39, 0.29) is 35.7 Å². The second-order valence-corrected chi connectivity index (χ2v) is 9.15. The summed E-state index contributed by atoms with van der Waals surface area (Å²) in [5.74, 6) is -2.77. The predicted molar refractivity (Wildman–Crippen MR) is 131 cm³/mol. The van der Waals surface area contributed by atoms with Gasteiger partial charge in [-0.2, -0.15) is 0 Å². The van der Waals surface area contributed by atoms with E-state index in [0.717, 1.165) is 28.8 Å². The molecule has 2 atom stereocenters. The van der Waals surface area contributed by atoms with Crippen molar-refractivity contribution in [1.29, 1.82) is 5.41 Å². The number of rotatable bonds is 5. The topological polar surface area (TPSA) is 79.0 Å². The highest BCUT2D eigenvalue weighted by atomic mass is 19.1. The number of carbonyl (C=O) groups is 1. The number of amides is 1. The fourth-order valence-corrected chi connectivity index (χ4v) is 5.39. The molecule has 0 radical (unpaired) electrons. The minimum Gasteiger partial charge on any atom is -0.384 e. The zero-order valence-electron chi connectivity index (χ0n) is 18.9. The number of hydrogen-bond donors (Lipinski definition) is 3. The monoisotopic (exact) mass is 483 g/mol. The molecule has 178 valence electrons. The molecule has 0 saturated heterocycles. The maximum Gasteiger partial charge on any atom is 0.251 e. The van der Waals surface area contributed by atoms with Gasteiger partial charge in [0, 0.05) is 29.5 Å². The van der Waals surface area contributed by atoms with Crippen LogP contribution in [0.4, 0.5) is 13.2 Å². The van der Waals surface area contributed by atoms with Crippen LogP contribution in [-0.2, 0) is 6.54 Å².